The van der Waals surface area contributed by atoms with Crippen LogP contribution < -0.4 is 0 Å². The number of esters is 1. The van der Waals surface area contributed by atoms with Gasteiger partial charge in [0, 0.05) is 24.8 Å². The molecule has 4 fully saturated rings. The highest BCUT2D eigenvalue weighted by Crippen LogP contribution is 2.65. The highest BCUT2D eigenvalue weighted by Gasteiger charge is 2.60. The summed E-state index contributed by atoms with van der Waals surface area (Å²) in [5.41, 5.74) is 1.47. The molecule has 1 saturated heterocycles. The summed E-state index contributed by atoms with van der Waals surface area (Å²) in [6.45, 7) is 5.12. The second-order valence-electron chi connectivity index (χ2n) is 12.2. The van der Waals surface area contributed by atoms with E-state index in [-0.39, 0.29) is 47.4 Å². The van der Waals surface area contributed by atoms with Gasteiger partial charge in [0.05, 0.1) is 6.42 Å². The number of ketones is 1. The molecule has 0 bridgehead atoms. The molecule has 0 radical (unpaired) electrons. The lowest BCUT2D eigenvalue weighted by Crippen LogP contribution is -2.51. The number of nitrogens with zero attached hydrogens (tertiary/aromatic N) is 1. The molecule has 192 valence electrons. The van der Waals surface area contributed by atoms with Gasteiger partial charge in [0.15, 0.2) is 5.78 Å². The van der Waals surface area contributed by atoms with E-state index >= 15 is 0 Å². The lowest BCUT2D eigenvalue weighted by Gasteiger charge is -2.57. The van der Waals surface area contributed by atoms with E-state index in [4.69, 9.17) is 4.74 Å². The summed E-state index contributed by atoms with van der Waals surface area (Å²) >= 11 is 0. The van der Waals surface area contributed by atoms with Crippen molar-refractivity contribution >= 4 is 23.6 Å². The third kappa shape index (κ3) is 4.13. The summed E-state index contributed by atoms with van der Waals surface area (Å²) in [7, 11) is 0. The number of amides is 1. The van der Waals surface area contributed by atoms with Crippen LogP contribution in [0.1, 0.15) is 90.9 Å². The number of carbonyl (C=O) groups is 4. The molecule has 35 heavy (non-hydrogen) atoms. The molecule has 1 heterocycles. The number of allylic oxidation sites excluding steroid dienone is 1. The maximum Gasteiger partial charge on any atom is 0.326 e. The van der Waals surface area contributed by atoms with Gasteiger partial charge in [-0.2, -0.15) is 0 Å². The van der Waals surface area contributed by atoms with Crippen molar-refractivity contribution in [1.82, 2.24) is 4.90 Å². The normalized spacial score (nSPS) is 40.4. The summed E-state index contributed by atoms with van der Waals surface area (Å²) in [5.74, 6) is 0.431. The first-order valence-corrected chi connectivity index (χ1v) is 13.6. The second kappa shape index (κ2) is 9.04. The lowest BCUT2D eigenvalue weighted by atomic mass is 9.47. The van der Waals surface area contributed by atoms with Crippen LogP contribution in [0.2, 0.25) is 0 Å². The van der Waals surface area contributed by atoms with Crippen LogP contribution >= 0.6 is 0 Å². The molecule has 0 aromatic carbocycles. The highest BCUT2D eigenvalue weighted by atomic mass is 16.5. The molecular formula is C28H39NO6. The maximum atomic E-state index is 12.8. The Bertz CT molecular complexity index is 957. The maximum absolute atomic E-state index is 12.8. The van der Waals surface area contributed by atoms with E-state index in [1.165, 1.54) is 10.5 Å². The van der Waals surface area contributed by atoms with E-state index in [9.17, 15) is 24.3 Å². The van der Waals surface area contributed by atoms with Crippen LogP contribution in [0.5, 0.6) is 0 Å². The number of ether oxygens (including phenoxy) is 1. The Morgan fingerprint density at radius 2 is 1.83 bits per heavy atom. The number of hydrogen-bond donors (Lipinski definition) is 1. The fraction of sp³-hybridized carbons (Fsp3) is 0.786. The minimum Gasteiger partial charge on any atom is -0.480 e. The third-order valence-corrected chi connectivity index (χ3v) is 10.5. The van der Waals surface area contributed by atoms with Gasteiger partial charge in [-0.25, -0.2) is 4.79 Å². The standard InChI is InChI=1S/C28H39NO6/c1-27-13-11-18(30)16-17(27)5-6-19-20-7-8-23(28(20,2)14-12-21(19)27)35-25(32)10-9-24(31)29-15-3-4-22(29)26(33)34/h16,19-23H,3-15H2,1-2H3,(H,33,34)/t19?,20?,21?,22?,23?,27-,28-/m0/s1. The van der Waals surface area contributed by atoms with Crippen LogP contribution in [0.3, 0.4) is 0 Å². The van der Waals surface area contributed by atoms with Crippen molar-refractivity contribution in [2.75, 3.05) is 6.54 Å². The number of likely N-dealkylation sites (tertiary alicyclic amines) is 1. The largest absolute Gasteiger partial charge is 0.480 e. The first kappa shape index (κ1) is 24.5. The van der Waals surface area contributed by atoms with Gasteiger partial charge in [-0.3, -0.25) is 14.4 Å². The molecule has 1 aliphatic heterocycles. The number of fused-ring (bicyclic) bond motifs is 5. The van der Waals surface area contributed by atoms with E-state index in [0.29, 0.717) is 43.6 Å². The average molecular weight is 486 g/mol. The van der Waals surface area contributed by atoms with Gasteiger partial charge in [-0.05, 0) is 87.0 Å². The van der Waals surface area contributed by atoms with Crippen LogP contribution in [0.15, 0.2) is 11.6 Å². The molecule has 7 atom stereocenters. The molecule has 0 spiro atoms. The number of carboxylic acid groups (broad SMARTS) is 1. The number of hydrogen-bond acceptors (Lipinski definition) is 5. The molecule has 3 saturated carbocycles. The first-order chi connectivity index (χ1) is 16.6. The fourth-order valence-electron chi connectivity index (χ4n) is 8.60. The molecule has 1 N–H and O–H groups in total. The predicted molar refractivity (Wildman–Crippen MR) is 128 cm³/mol. The second-order valence-corrected chi connectivity index (χ2v) is 12.2. The Hall–Kier alpha value is -2.18. The smallest absolute Gasteiger partial charge is 0.326 e. The SMILES string of the molecule is C[C@]12CCC3C(CCC4=CC(=O)CC[C@@]43C)C1CCC2OC(=O)CCC(=O)N1CCCC1C(=O)O. The Morgan fingerprint density at radius 1 is 1.03 bits per heavy atom. The van der Waals surface area contributed by atoms with Crippen LogP contribution in [-0.4, -0.2) is 52.3 Å². The molecule has 7 heteroatoms. The Balaban J connectivity index is 1.20. The number of aliphatic carboxylic acids is 1. The first-order valence-electron chi connectivity index (χ1n) is 13.6. The van der Waals surface area contributed by atoms with E-state index < -0.39 is 12.0 Å². The number of carbonyl (C=O) groups excluding carboxylic acids is 3. The Morgan fingerprint density at radius 3 is 2.60 bits per heavy atom. The van der Waals surface area contributed by atoms with Crippen LogP contribution in [0.25, 0.3) is 0 Å². The Labute approximate surface area is 207 Å². The van der Waals surface area contributed by atoms with Crippen LogP contribution in [0.4, 0.5) is 0 Å². The lowest BCUT2D eigenvalue weighted by molar-refractivity contribution is -0.161. The molecule has 0 aromatic heterocycles. The summed E-state index contributed by atoms with van der Waals surface area (Å²) < 4.78 is 6.01. The van der Waals surface area contributed by atoms with Gasteiger partial charge in [0.1, 0.15) is 12.1 Å². The minimum absolute atomic E-state index is 0.00519. The van der Waals surface area contributed by atoms with E-state index in [1.807, 2.05) is 6.08 Å². The molecule has 7 nitrogen and oxygen atoms in total. The molecule has 5 unspecified atom stereocenters. The van der Waals surface area contributed by atoms with Gasteiger partial charge in [-0.15, -0.1) is 0 Å². The predicted octanol–water partition coefficient (Wildman–Crippen LogP) is 4.29. The van der Waals surface area contributed by atoms with Crippen molar-refractivity contribution < 1.29 is 29.0 Å². The molecule has 5 rings (SSSR count). The summed E-state index contributed by atoms with van der Waals surface area (Å²) in [5, 5.41) is 9.31. The van der Waals surface area contributed by atoms with E-state index in [1.54, 1.807) is 0 Å². The van der Waals surface area contributed by atoms with Crippen molar-refractivity contribution in [3.05, 3.63) is 11.6 Å². The van der Waals surface area contributed by atoms with E-state index in [2.05, 4.69) is 13.8 Å². The molecule has 5 aliphatic rings. The van der Waals surface area contributed by atoms with Gasteiger partial charge in [0.25, 0.3) is 0 Å². The van der Waals surface area contributed by atoms with Crippen molar-refractivity contribution in [3.8, 4) is 0 Å². The minimum atomic E-state index is -0.974. The summed E-state index contributed by atoms with van der Waals surface area (Å²) in [4.78, 5) is 50.1. The highest BCUT2D eigenvalue weighted by molar-refractivity contribution is 5.91. The van der Waals surface area contributed by atoms with Crippen molar-refractivity contribution in [1.29, 1.82) is 0 Å². The van der Waals surface area contributed by atoms with Gasteiger partial charge < -0.3 is 14.7 Å². The van der Waals surface area contributed by atoms with Crippen LogP contribution in [0, 0.1) is 28.6 Å². The molecule has 4 aliphatic carbocycles. The zero-order valence-corrected chi connectivity index (χ0v) is 21.1. The Kier molecular flexibility index (Phi) is 6.33. The van der Waals surface area contributed by atoms with E-state index in [0.717, 1.165) is 44.9 Å². The van der Waals surface area contributed by atoms with Crippen molar-refractivity contribution in [2.24, 2.45) is 28.6 Å². The monoisotopic (exact) mass is 485 g/mol. The number of rotatable bonds is 5. The molecule has 1 amide bonds. The van der Waals surface area contributed by atoms with Gasteiger partial charge >= 0.3 is 11.9 Å². The zero-order valence-electron chi connectivity index (χ0n) is 21.1. The molecular weight excluding hydrogens is 446 g/mol. The quantitative estimate of drug-likeness (QED) is 0.583. The summed E-state index contributed by atoms with van der Waals surface area (Å²) in [6, 6.07) is -0.766. The zero-order chi connectivity index (χ0) is 25.0. The van der Waals surface area contributed by atoms with Crippen LogP contribution in [-0.2, 0) is 23.9 Å². The third-order valence-electron chi connectivity index (χ3n) is 10.5. The van der Waals surface area contributed by atoms with Crippen molar-refractivity contribution in [2.45, 2.75) is 103 Å². The fourth-order valence-corrected chi connectivity index (χ4v) is 8.60. The van der Waals surface area contributed by atoms with Gasteiger partial charge in [-0.1, -0.05) is 19.4 Å². The average Bonchev–Trinajstić information content (AvgIpc) is 3.43. The topological polar surface area (TPSA) is 101 Å². The molecule has 0 aromatic rings. The van der Waals surface area contributed by atoms with Gasteiger partial charge in [0.2, 0.25) is 5.91 Å². The van der Waals surface area contributed by atoms with Crippen molar-refractivity contribution in [3.63, 3.8) is 0 Å². The number of carboxylic acids is 1. The summed E-state index contributed by atoms with van der Waals surface area (Å²) in [6.07, 6.45) is 10.8.